The molecule has 0 radical (unpaired) electrons. The number of amides is 3. The van der Waals surface area contributed by atoms with Gasteiger partial charge in [0.15, 0.2) is 6.04 Å². The highest BCUT2D eigenvalue weighted by Gasteiger charge is 2.31. The van der Waals surface area contributed by atoms with Crippen LogP contribution >= 0.6 is 24.4 Å². The van der Waals surface area contributed by atoms with E-state index in [9.17, 15) is 29.1 Å². The molecule has 5 atom stereocenters. The van der Waals surface area contributed by atoms with Gasteiger partial charge in [-0.1, -0.05) is 0 Å². The van der Waals surface area contributed by atoms with Crippen molar-refractivity contribution in [3.8, 4) is 0 Å². The van der Waals surface area contributed by atoms with E-state index >= 15 is 0 Å². The molecular weight excluding hydrogens is 452 g/mol. The molecular formula is C17H30N4O8S2. The van der Waals surface area contributed by atoms with Crippen LogP contribution in [0.25, 0.3) is 0 Å². The van der Waals surface area contributed by atoms with Crippen LogP contribution in [0.1, 0.15) is 26.2 Å². The average Bonchev–Trinajstić information content (AvgIpc) is 2.70. The fourth-order valence-corrected chi connectivity index (χ4v) is 2.95. The smallest absolute Gasteiger partial charge is 0.328 e. The number of carboxylic acid groups (broad SMARTS) is 2. The zero-order valence-corrected chi connectivity index (χ0v) is 18.9. The topological polar surface area (TPSA) is 208 Å². The van der Waals surface area contributed by atoms with Crippen LogP contribution in [-0.2, 0) is 24.0 Å². The van der Waals surface area contributed by atoms with Crippen molar-refractivity contribution in [3.63, 3.8) is 0 Å². The normalized spacial score (nSPS) is 15.6. The standard InChI is InChI=1S/C17H30N4O8S2/c1-8(22)13(17(28)29)21-16(27)10(3-4-12(23)24)20-15(26)11(5-6-31-2)19-14(25)9(18)7-30/h8-11,13,22,30H,3-7,18H2,1-2H3,(H,19,25)(H,20,26)(H,21,27)(H,23,24)(H,28,29). The van der Waals surface area contributed by atoms with Crippen LogP contribution < -0.4 is 21.7 Å². The summed E-state index contributed by atoms with van der Waals surface area (Å²) in [6.45, 7) is 1.16. The molecule has 0 aliphatic rings. The monoisotopic (exact) mass is 482 g/mol. The zero-order chi connectivity index (χ0) is 24.1. The minimum absolute atomic E-state index is 0.0439. The largest absolute Gasteiger partial charge is 0.481 e. The molecule has 0 spiro atoms. The molecule has 0 bridgehead atoms. The van der Waals surface area contributed by atoms with E-state index in [1.165, 1.54) is 11.8 Å². The lowest BCUT2D eigenvalue weighted by Crippen LogP contribution is -2.58. The van der Waals surface area contributed by atoms with Crippen molar-refractivity contribution < 1.29 is 39.3 Å². The number of aliphatic hydroxyl groups is 1. The molecule has 14 heteroatoms. The minimum Gasteiger partial charge on any atom is -0.481 e. The molecule has 0 aromatic carbocycles. The number of aliphatic carboxylic acids is 2. The van der Waals surface area contributed by atoms with Crippen molar-refractivity contribution in [2.45, 2.75) is 56.5 Å². The molecule has 0 aromatic heterocycles. The van der Waals surface area contributed by atoms with E-state index < -0.39 is 66.4 Å². The lowest BCUT2D eigenvalue weighted by atomic mass is 10.1. The molecule has 0 rings (SSSR count). The Bertz CT molecular complexity index is 650. The third kappa shape index (κ3) is 11.2. The predicted octanol–water partition coefficient (Wildman–Crippen LogP) is -2.22. The third-order valence-electron chi connectivity index (χ3n) is 4.10. The number of thioether (sulfide) groups is 1. The average molecular weight is 483 g/mol. The molecule has 0 aliphatic carbocycles. The van der Waals surface area contributed by atoms with Gasteiger partial charge in [0.1, 0.15) is 12.1 Å². The van der Waals surface area contributed by atoms with Crippen LogP contribution in [0.3, 0.4) is 0 Å². The van der Waals surface area contributed by atoms with E-state index in [0.717, 1.165) is 6.92 Å². The SMILES string of the molecule is CSCCC(NC(=O)C(N)CS)C(=O)NC(CCC(=O)O)C(=O)NC(C(=O)O)C(C)O. The number of thiol groups is 1. The molecule has 5 unspecified atom stereocenters. The molecule has 3 amide bonds. The van der Waals surface area contributed by atoms with Crippen LogP contribution in [-0.4, -0.2) is 93.0 Å². The number of hydrogen-bond donors (Lipinski definition) is 8. The molecule has 0 fully saturated rings. The first-order valence-corrected chi connectivity index (χ1v) is 11.4. The van der Waals surface area contributed by atoms with Gasteiger partial charge >= 0.3 is 11.9 Å². The second-order valence-electron chi connectivity index (χ2n) is 6.69. The van der Waals surface area contributed by atoms with Gasteiger partial charge in [0.2, 0.25) is 17.7 Å². The second-order valence-corrected chi connectivity index (χ2v) is 8.04. The maximum Gasteiger partial charge on any atom is 0.328 e. The Morgan fingerprint density at radius 2 is 1.48 bits per heavy atom. The Morgan fingerprint density at radius 1 is 0.968 bits per heavy atom. The van der Waals surface area contributed by atoms with Crippen molar-refractivity contribution in [1.82, 2.24) is 16.0 Å². The Labute approximate surface area is 189 Å². The molecule has 0 aromatic rings. The highest BCUT2D eigenvalue weighted by molar-refractivity contribution is 7.98. The number of carbonyl (C=O) groups is 5. The van der Waals surface area contributed by atoms with E-state index in [1.54, 1.807) is 6.26 Å². The van der Waals surface area contributed by atoms with Crippen molar-refractivity contribution in [1.29, 1.82) is 0 Å². The summed E-state index contributed by atoms with van der Waals surface area (Å²) in [6.07, 6.45) is -0.262. The van der Waals surface area contributed by atoms with E-state index in [2.05, 4.69) is 28.6 Å². The van der Waals surface area contributed by atoms with E-state index in [-0.39, 0.29) is 18.6 Å². The van der Waals surface area contributed by atoms with E-state index in [4.69, 9.17) is 15.9 Å². The third-order valence-corrected chi connectivity index (χ3v) is 5.14. The van der Waals surface area contributed by atoms with Gasteiger partial charge < -0.3 is 37.0 Å². The summed E-state index contributed by atoms with van der Waals surface area (Å²) in [5, 5.41) is 34.4. The number of carbonyl (C=O) groups excluding carboxylic acids is 3. The van der Waals surface area contributed by atoms with Gasteiger partial charge in [-0.05, 0) is 31.8 Å². The second kappa shape index (κ2) is 14.9. The predicted molar refractivity (Wildman–Crippen MR) is 117 cm³/mol. The molecule has 0 aliphatic heterocycles. The summed E-state index contributed by atoms with van der Waals surface area (Å²) < 4.78 is 0. The highest BCUT2D eigenvalue weighted by atomic mass is 32.2. The van der Waals surface area contributed by atoms with Gasteiger partial charge in [0.05, 0.1) is 12.1 Å². The maximum atomic E-state index is 12.7. The molecule has 31 heavy (non-hydrogen) atoms. The van der Waals surface area contributed by atoms with Gasteiger partial charge in [0.25, 0.3) is 0 Å². The fraction of sp³-hybridized carbons (Fsp3) is 0.706. The van der Waals surface area contributed by atoms with Gasteiger partial charge in [-0.3, -0.25) is 19.2 Å². The number of hydrogen-bond acceptors (Lipinski definition) is 9. The molecule has 0 heterocycles. The molecule has 0 saturated heterocycles. The van der Waals surface area contributed by atoms with Crippen LogP contribution in [0.2, 0.25) is 0 Å². The van der Waals surface area contributed by atoms with Crippen LogP contribution in [0.5, 0.6) is 0 Å². The first-order chi connectivity index (χ1) is 14.4. The highest BCUT2D eigenvalue weighted by Crippen LogP contribution is 2.06. The summed E-state index contributed by atoms with van der Waals surface area (Å²) in [5.41, 5.74) is 5.60. The Balaban J connectivity index is 5.47. The molecule has 12 nitrogen and oxygen atoms in total. The van der Waals surface area contributed by atoms with Gasteiger partial charge in [-0.2, -0.15) is 24.4 Å². The van der Waals surface area contributed by atoms with Gasteiger partial charge in [-0.25, -0.2) is 4.79 Å². The number of carboxylic acids is 2. The van der Waals surface area contributed by atoms with Crippen LogP contribution in [0.4, 0.5) is 0 Å². The van der Waals surface area contributed by atoms with Gasteiger partial charge in [0, 0.05) is 12.2 Å². The summed E-state index contributed by atoms with van der Waals surface area (Å²) in [6, 6.07) is -5.08. The summed E-state index contributed by atoms with van der Waals surface area (Å²) in [7, 11) is 0. The number of aliphatic hydroxyl groups excluding tert-OH is 1. The zero-order valence-electron chi connectivity index (χ0n) is 17.2. The Morgan fingerprint density at radius 3 is 1.94 bits per heavy atom. The van der Waals surface area contributed by atoms with Crippen LogP contribution in [0.15, 0.2) is 0 Å². The Kier molecular flexibility index (Phi) is 13.9. The first-order valence-electron chi connectivity index (χ1n) is 9.33. The number of nitrogens with one attached hydrogen (secondary N) is 3. The van der Waals surface area contributed by atoms with Crippen molar-refractivity contribution >= 4 is 54.1 Å². The van der Waals surface area contributed by atoms with Crippen molar-refractivity contribution in [2.24, 2.45) is 5.73 Å². The molecule has 178 valence electrons. The van der Waals surface area contributed by atoms with Gasteiger partial charge in [-0.15, -0.1) is 0 Å². The quantitative estimate of drug-likeness (QED) is 0.118. The summed E-state index contributed by atoms with van der Waals surface area (Å²) >= 11 is 5.34. The van der Waals surface area contributed by atoms with E-state index in [0.29, 0.717) is 5.75 Å². The van der Waals surface area contributed by atoms with Crippen molar-refractivity contribution in [2.75, 3.05) is 17.8 Å². The number of nitrogens with two attached hydrogens (primary N) is 1. The Hall–Kier alpha value is -2.03. The maximum absolute atomic E-state index is 12.7. The lowest BCUT2D eigenvalue weighted by molar-refractivity contribution is -0.145. The minimum atomic E-state index is -1.66. The first kappa shape index (κ1) is 29.0. The number of rotatable bonds is 15. The summed E-state index contributed by atoms with van der Waals surface area (Å²) in [4.78, 5) is 59.4. The summed E-state index contributed by atoms with van der Waals surface area (Å²) in [5.74, 6) is -4.57. The van der Waals surface area contributed by atoms with Crippen LogP contribution in [0, 0.1) is 0 Å². The van der Waals surface area contributed by atoms with Crippen molar-refractivity contribution in [3.05, 3.63) is 0 Å². The van der Waals surface area contributed by atoms with E-state index in [1.807, 2.05) is 0 Å². The molecule has 8 N–H and O–H groups in total. The molecule has 0 saturated carbocycles. The lowest BCUT2D eigenvalue weighted by Gasteiger charge is -2.25. The fourth-order valence-electron chi connectivity index (χ4n) is 2.32.